The van der Waals surface area contributed by atoms with Crippen LogP contribution < -0.4 is 0 Å². The fourth-order valence-electron chi connectivity index (χ4n) is 0.835. The van der Waals surface area contributed by atoms with Crippen LogP contribution in [0.4, 0.5) is 4.79 Å². The fourth-order valence-corrected chi connectivity index (χ4v) is 1.49. The van der Waals surface area contributed by atoms with E-state index in [9.17, 15) is 4.79 Å². The average molecular weight is 218 g/mol. The third-order valence-electron chi connectivity index (χ3n) is 2.18. The number of unbranched alkanes of at least 4 members (excludes halogenated alkanes) is 2. The molecular weight excluding hydrogens is 196 g/mol. The third kappa shape index (κ3) is 6.94. The molecule has 0 amide bonds. The van der Waals surface area contributed by atoms with Gasteiger partial charge in [0.1, 0.15) is 0 Å². The lowest BCUT2D eigenvalue weighted by atomic mass is 10.3. The van der Waals surface area contributed by atoms with Crippen LogP contribution in [0.3, 0.4) is 0 Å². The molecule has 0 spiro atoms. The second-order valence-corrected chi connectivity index (χ2v) is 8.45. The van der Waals surface area contributed by atoms with Gasteiger partial charge in [-0.1, -0.05) is 26.7 Å². The second-order valence-electron chi connectivity index (χ2n) is 4.02. The molecule has 0 bridgehead atoms. The summed E-state index contributed by atoms with van der Waals surface area (Å²) in [6, 6.07) is 0.928. The van der Waals surface area contributed by atoms with Crippen molar-refractivity contribution in [3.8, 4) is 0 Å². The molecule has 0 saturated carbocycles. The van der Waals surface area contributed by atoms with E-state index in [-0.39, 0.29) is 0 Å². The van der Waals surface area contributed by atoms with Crippen molar-refractivity contribution in [2.24, 2.45) is 0 Å². The number of hydrogen-bond acceptors (Lipinski definition) is 3. The lowest BCUT2D eigenvalue weighted by Gasteiger charge is -2.19. The molecule has 14 heavy (non-hydrogen) atoms. The summed E-state index contributed by atoms with van der Waals surface area (Å²) in [6.45, 7) is 8.67. The number of carbonyl (C=O) groups excluding carboxylic acids is 1. The zero-order valence-corrected chi connectivity index (χ0v) is 10.8. The molecule has 84 valence electrons. The highest BCUT2D eigenvalue weighted by molar-refractivity contribution is 6.72. The van der Waals surface area contributed by atoms with E-state index >= 15 is 0 Å². The van der Waals surface area contributed by atoms with Crippen molar-refractivity contribution in [3.05, 3.63) is 0 Å². The standard InChI is InChI=1S/C10H22O3Si/c1-5-7-8-9-12-10(11)13-14(3,4)6-2/h5-9H2,1-4H3. The predicted octanol–water partition coefficient (Wildman–Crippen LogP) is 3.55. The Balaban J connectivity index is 3.55. The molecule has 0 aliphatic heterocycles. The maximum atomic E-state index is 11.2. The number of ether oxygens (including phenoxy) is 1. The van der Waals surface area contributed by atoms with Crippen molar-refractivity contribution in [2.45, 2.75) is 52.2 Å². The summed E-state index contributed by atoms with van der Waals surface area (Å²) in [6.07, 6.45) is 2.68. The Bertz CT molecular complexity index is 169. The molecule has 0 aliphatic carbocycles. The van der Waals surface area contributed by atoms with Crippen molar-refractivity contribution in [2.75, 3.05) is 6.61 Å². The molecule has 0 N–H and O–H groups in total. The van der Waals surface area contributed by atoms with Crippen LogP contribution in [0.1, 0.15) is 33.1 Å². The lowest BCUT2D eigenvalue weighted by Crippen LogP contribution is -2.32. The Labute approximate surface area is 87.9 Å². The number of carbonyl (C=O) groups is 1. The first-order valence-electron chi connectivity index (χ1n) is 5.37. The van der Waals surface area contributed by atoms with E-state index in [1.165, 1.54) is 0 Å². The van der Waals surface area contributed by atoms with Crippen LogP contribution in [0.15, 0.2) is 0 Å². The molecule has 0 saturated heterocycles. The summed E-state index contributed by atoms with van der Waals surface area (Å²) >= 11 is 0. The first kappa shape index (κ1) is 13.5. The molecule has 0 heterocycles. The molecule has 0 atom stereocenters. The quantitative estimate of drug-likeness (QED) is 0.388. The predicted molar refractivity (Wildman–Crippen MR) is 59.9 cm³/mol. The van der Waals surface area contributed by atoms with Crippen molar-refractivity contribution < 1.29 is 14.0 Å². The SMILES string of the molecule is CCCCCOC(=O)O[Si](C)(C)CC. The van der Waals surface area contributed by atoms with Crippen LogP contribution in [0.5, 0.6) is 0 Å². The summed E-state index contributed by atoms with van der Waals surface area (Å²) in [7, 11) is -1.78. The summed E-state index contributed by atoms with van der Waals surface area (Å²) in [4.78, 5) is 11.2. The molecule has 4 heteroatoms. The van der Waals surface area contributed by atoms with Gasteiger partial charge >= 0.3 is 6.16 Å². The minimum Gasteiger partial charge on any atom is -0.489 e. The average Bonchev–Trinajstić information content (AvgIpc) is 2.12. The largest absolute Gasteiger partial charge is 0.494 e. The Hall–Kier alpha value is -0.513. The van der Waals surface area contributed by atoms with Gasteiger partial charge in [-0.25, -0.2) is 4.79 Å². The zero-order chi connectivity index (χ0) is 11.0. The molecule has 3 nitrogen and oxygen atoms in total. The van der Waals surface area contributed by atoms with Crippen LogP contribution in [0, 0.1) is 0 Å². The van der Waals surface area contributed by atoms with Crippen LogP contribution in [-0.4, -0.2) is 21.1 Å². The first-order valence-corrected chi connectivity index (χ1v) is 8.49. The minimum absolute atomic E-state index is 0.486. The molecular formula is C10H22O3Si. The molecule has 0 rings (SSSR count). The van der Waals surface area contributed by atoms with E-state index in [0.29, 0.717) is 6.61 Å². The summed E-state index contributed by atoms with van der Waals surface area (Å²) in [5.41, 5.74) is 0. The Morgan fingerprint density at radius 2 is 1.86 bits per heavy atom. The molecule has 0 aromatic carbocycles. The fraction of sp³-hybridized carbons (Fsp3) is 0.900. The van der Waals surface area contributed by atoms with E-state index in [1.807, 2.05) is 20.0 Å². The van der Waals surface area contributed by atoms with E-state index in [4.69, 9.17) is 9.16 Å². The molecule has 0 radical (unpaired) electrons. The van der Waals surface area contributed by atoms with E-state index in [1.54, 1.807) is 0 Å². The van der Waals surface area contributed by atoms with Gasteiger partial charge in [-0.3, -0.25) is 0 Å². The van der Waals surface area contributed by atoms with Crippen molar-refractivity contribution >= 4 is 14.5 Å². The third-order valence-corrected chi connectivity index (χ3v) is 4.60. The topological polar surface area (TPSA) is 35.5 Å². The Kier molecular flexibility index (Phi) is 6.62. The molecule has 0 unspecified atom stereocenters. The maximum absolute atomic E-state index is 11.2. The van der Waals surface area contributed by atoms with E-state index in [2.05, 4.69) is 6.92 Å². The second kappa shape index (κ2) is 6.87. The van der Waals surface area contributed by atoms with Crippen molar-refractivity contribution in [1.29, 1.82) is 0 Å². The summed E-state index contributed by atoms with van der Waals surface area (Å²) in [5.74, 6) is 0. The van der Waals surface area contributed by atoms with Crippen LogP contribution >= 0.6 is 0 Å². The van der Waals surface area contributed by atoms with E-state index in [0.717, 1.165) is 25.3 Å². The van der Waals surface area contributed by atoms with Gasteiger partial charge in [-0.15, -0.1) is 0 Å². The lowest BCUT2D eigenvalue weighted by molar-refractivity contribution is 0.0949. The summed E-state index contributed by atoms with van der Waals surface area (Å²) in [5, 5.41) is 0. The molecule has 0 aromatic heterocycles. The van der Waals surface area contributed by atoms with Crippen LogP contribution in [-0.2, 0) is 9.16 Å². The highest BCUT2D eigenvalue weighted by atomic mass is 28.4. The Morgan fingerprint density at radius 3 is 2.36 bits per heavy atom. The number of hydrogen-bond donors (Lipinski definition) is 0. The van der Waals surface area contributed by atoms with Crippen LogP contribution in [0.25, 0.3) is 0 Å². The normalized spacial score (nSPS) is 11.1. The highest BCUT2D eigenvalue weighted by Gasteiger charge is 2.25. The smallest absolute Gasteiger partial charge is 0.489 e. The number of rotatable bonds is 6. The maximum Gasteiger partial charge on any atom is 0.494 e. The molecule has 0 fully saturated rings. The van der Waals surface area contributed by atoms with Gasteiger partial charge in [0.15, 0.2) is 0 Å². The van der Waals surface area contributed by atoms with Gasteiger partial charge in [0, 0.05) is 0 Å². The molecule has 0 aromatic rings. The van der Waals surface area contributed by atoms with Gasteiger partial charge in [-0.2, -0.15) is 0 Å². The van der Waals surface area contributed by atoms with Crippen molar-refractivity contribution in [1.82, 2.24) is 0 Å². The van der Waals surface area contributed by atoms with E-state index < -0.39 is 14.5 Å². The minimum atomic E-state index is -1.78. The van der Waals surface area contributed by atoms with Gasteiger partial charge in [-0.05, 0) is 25.6 Å². The first-order chi connectivity index (χ1) is 6.52. The van der Waals surface area contributed by atoms with Gasteiger partial charge in [0.05, 0.1) is 6.61 Å². The van der Waals surface area contributed by atoms with Gasteiger partial charge < -0.3 is 9.16 Å². The van der Waals surface area contributed by atoms with Crippen LogP contribution in [0.2, 0.25) is 19.1 Å². The van der Waals surface area contributed by atoms with Gasteiger partial charge in [0.25, 0.3) is 8.32 Å². The highest BCUT2D eigenvalue weighted by Crippen LogP contribution is 2.11. The Morgan fingerprint density at radius 1 is 1.21 bits per heavy atom. The zero-order valence-electron chi connectivity index (χ0n) is 9.76. The monoisotopic (exact) mass is 218 g/mol. The van der Waals surface area contributed by atoms with Crippen molar-refractivity contribution in [3.63, 3.8) is 0 Å². The molecule has 0 aliphatic rings. The van der Waals surface area contributed by atoms with Gasteiger partial charge in [0.2, 0.25) is 0 Å². The summed E-state index contributed by atoms with van der Waals surface area (Å²) < 4.78 is 10.2.